The van der Waals surface area contributed by atoms with Crippen LogP contribution in [0.15, 0.2) is 34.8 Å². The van der Waals surface area contributed by atoms with Crippen molar-refractivity contribution in [3.05, 3.63) is 67.1 Å². The third kappa shape index (κ3) is 3.48. The van der Waals surface area contributed by atoms with Crippen LogP contribution in [0.1, 0.15) is 5.56 Å². The Morgan fingerprint density at radius 2 is 2.00 bits per heavy atom. The van der Waals surface area contributed by atoms with Crippen LogP contribution in [0.2, 0.25) is 5.02 Å². The van der Waals surface area contributed by atoms with E-state index in [9.17, 15) is 18.9 Å². The molecule has 0 aliphatic carbocycles. The van der Waals surface area contributed by atoms with Crippen molar-refractivity contribution in [2.24, 2.45) is 0 Å². The molecule has 8 heteroatoms. The number of hydrogen-bond donors (Lipinski definition) is 1. The van der Waals surface area contributed by atoms with Gasteiger partial charge in [-0.05, 0) is 39.7 Å². The van der Waals surface area contributed by atoms with E-state index in [2.05, 4.69) is 21.2 Å². The van der Waals surface area contributed by atoms with Gasteiger partial charge in [0.25, 0.3) is 5.69 Å². The van der Waals surface area contributed by atoms with Crippen molar-refractivity contribution >= 4 is 38.9 Å². The maximum absolute atomic E-state index is 13.7. The maximum Gasteiger partial charge on any atom is 0.295 e. The molecule has 4 nitrogen and oxygen atoms in total. The van der Waals surface area contributed by atoms with Gasteiger partial charge in [-0.3, -0.25) is 10.1 Å². The predicted octanol–water partition coefficient (Wildman–Crippen LogP) is 4.90. The molecule has 0 bridgehead atoms. The van der Waals surface area contributed by atoms with E-state index in [1.807, 2.05) is 0 Å². The number of nitro benzene ring substituents is 1. The highest BCUT2D eigenvalue weighted by molar-refractivity contribution is 9.10. The lowest BCUT2D eigenvalue weighted by Crippen LogP contribution is -2.06. The van der Waals surface area contributed by atoms with Gasteiger partial charge in [-0.15, -0.1) is 0 Å². The zero-order valence-electron chi connectivity index (χ0n) is 10.4. The molecule has 110 valence electrons. The number of halogens is 4. The summed E-state index contributed by atoms with van der Waals surface area (Å²) in [4.78, 5) is 10.1. The quantitative estimate of drug-likeness (QED) is 0.609. The highest BCUT2D eigenvalue weighted by Crippen LogP contribution is 2.30. The van der Waals surface area contributed by atoms with E-state index in [0.29, 0.717) is 15.1 Å². The van der Waals surface area contributed by atoms with Gasteiger partial charge in [0, 0.05) is 17.1 Å². The van der Waals surface area contributed by atoms with E-state index >= 15 is 0 Å². The third-order valence-electron chi connectivity index (χ3n) is 2.72. The molecule has 2 aromatic carbocycles. The molecule has 0 saturated heterocycles. The van der Waals surface area contributed by atoms with Gasteiger partial charge >= 0.3 is 0 Å². The van der Waals surface area contributed by atoms with Crippen molar-refractivity contribution in [1.82, 2.24) is 0 Å². The van der Waals surface area contributed by atoms with E-state index in [1.54, 1.807) is 18.2 Å². The topological polar surface area (TPSA) is 55.2 Å². The Kier molecular flexibility index (Phi) is 4.74. The van der Waals surface area contributed by atoms with Gasteiger partial charge in [-0.2, -0.15) is 0 Å². The number of nitrogens with one attached hydrogen (secondary N) is 1. The number of nitro groups is 1. The van der Waals surface area contributed by atoms with Crippen LogP contribution in [0.25, 0.3) is 0 Å². The van der Waals surface area contributed by atoms with Gasteiger partial charge in [0.15, 0.2) is 17.3 Å². The normalized spacial score (nSPS) is 10.5. The number of hydrogen-bond acceptors (Lipinski definition) is 3. The first kappa shape index (κ1) is 15.7. The van der Waals surface area contributed by atoms with Crippen LogP contribution in [0.4, 0.5) is 20.2 Å². The average Bonchev–Trinajstić information content (AvgIpc) is 2.43. The first-order chi connectivity index (χ1) is 9.90. The Labute approximate surface area is 132 Å². The summed E-state index contributed by atoms with van der Waals surface area (Å²) in [6, 6.07) is 6.63. The van der Waals surface area contributed by atoms with Gasteiger partial charge in [-0.25, -0.2) is 8.78 Å². The Bertz CT molecular complexity index is 713. The van der Waals surface area contributed by atoms with Crippen LogP contribution in [-0.4, -0.2) is 4.92 Å². The van der Waals surface area contributed by atoms with Crippen molar-refractivity contribution in [2.45, 2.75) is 6.54 Å². The first-order valence-corrected chi connectivity index (χ1v) is 6.87. The standard InChI is InChI=1S/C13H8BrClF2N2O2/c14-8-2-1-7(5-9(8)15)6-18-13-11(19(20)21)4-3-10(16)12(13)17/h1-5,18H,6H2. The van der Waals surface area contributed by atoms with Crippen LogP contribution >= 0.6 is 27.5 Å². The van der Waals surface area contributed by atoms with E-state index < -0.39 is 27.9 Å². The van der Waals surface area contributed by atoms with Crippen molar-refractivity contribution in [3.8, 4) is 0 Å². The molecule has 0 aliphatic rings. The fourth-order valence-corrected chi connectivity index (χ4v) is 2.15. The fraction of sp³-hybridized carbons (Fsp3) is 0.0769. The second-order valence-electron chi connectivity index (χ2n) is 4.11. The summed E-state index contributed by atoms with van der Waals surface area (Å²) < 4.78 is 27.6. The summed E-state index contributed by atoms with van der Waals surface area (Å²) in [5, 5.41) is 13.8. The van der Waals surface area contributed by atoms with Gasteiger partial charge in [0.2, 0.25) is 0 Å². The fourth-order valence-electron chi connectivity index (χ4n) is 1.70. The molecule has 0 radical (unpaired) electrons. The van der Waals surface area contributed by atoms with Gasteiger partial charge < -0.3 is 5.32 Å². The Balaban J connectivity index is 2.28. The molecule has 0 amide bonds. The van der Waals surface area contributed by atoms with Crippen molar-refractivity contribution in [1.29, 1.82) is 0 Å². The maximum atomic E-state index is 13.7. The second kappa shape index (κ2) is 6.36. The Morgan fingerprint density at radius 3 is 2.62 bits per heavy atom. The number of rotatable bonds is 4. The highest BCUT2D eigenvalue weighted by atomic mass is 79.9. The van der Waals surface area contributed by atoms with E-state index in [0.717, 1.165) is 12.1 Å². The molecule has 0 spiro atoms. The molecule has 0 heterocycles. The molecule has 1 N–H and O–H groups in total. The largest absolute Gasteiger partial charge is 0.373 e. The molecule has 2 rings (SSSR count). The zero-order valence-corrected chi connectivity index (χ0v) is 12.7. The zero-order chi connectivity index (χ0) is 15.6. The van der Waals surface area contributed by atoms with E-state index in [-0.39, 0.29) is 6.54 Å². The Hall–Kier alpha value is -1.73. The van der Waals surface area contributed by atoms with Crippen molar-refractivity contribution in [2.75, 3.05) is 5.32 Å². The smallest absolute Gasteiger partial charge is 0.295 e. The molecule has 2 aromatic rings. The summed E-state index contributed by atoms with van der Waals surface area (Å²) >= 11 is 9.14. The van der Waals surface area contributed by atoms with E-state index in [4.69, 9.17) is 11.6 Å². The third-order valence-corrected chi connectivity index (χ3v) is 3.96. The van der Waals surface area contributed by atoms with Crippen molar-refractivity contribution in [3.63, 3.8) is 0 Å². The van der Waals surface area contributed by atoms with Crippen LogP contribution in [0.5, 0.6) is 0 Å². The molecule has 0 aliphatic heterocycles. The predicted molar refractivity (Wildman–Crippen MR) is 79.5 cm³/mol. The summed E-state index contributed by atoms with van der Waals surface area (Å²) in [6.07, 6.45) is 0. The average molecular weight is 378 g/mol. The molecule has 0 saturated carbocycles. The number of anilines is 1. The van der Waals surface area contributed by atoms with Crippen LogP contribution in [-0.2, 0) is 6.54 Å². The lowest BCUT2D eigenvalue weighted by molar-refractivity contribution is -0.384. The van der Waals surface area contributed by atoms with Crippen LogP contribution < -0.4 is 5.32 Å². The first-order valence-electron chi connectivity index (χ1n) is 5.70. The van der Waals surface area contributed by atoms with E-state index in [1.165, 1.54) is 0 Å². The molecular formula is C13H8BrClF2N2O2. The number of nitrogens with zero attached hydrogens (tertiary/aromatic N) is 1. The molecule has 21 heavy (non-hydrogen) atoms. The SMILES string of the molecule is O=[N+]([O-])c1ccc(F)c(F)c1NCc1ccc(Br)c(Cl)c1. The van der Waals surface area contributed by atoms with Crippen molar-refractivity contribution < 1.29 is 13.7 Å². The lowest BCUT2D eigenvalue weighted by Gasteiger charge is -2.09. The van der Waals surface area contributed by atoms with Crippen LogP contribution in [0.3, 0.4) is 0 Å². The molecular weight excluding hydrogens is 370 g/mol. The monoisotopic (exact) mass is 376 g/mol. The van der Waals surface area contributed by atoms with Gasteiger partial charge in [0.05, 0.1) is 9.95 Å². The van der Waals surface area contributed by atoms with Crippen LogP contribution in [0, 0.1) is 21.7 Å². The second-order valence-corrected chi connectivity index (χ2v) is 5.38. The lowest BCUT2D eigenvalue weighted by atomic mass is 10.2. The van der Waals surface area contributed by atoms with Gasteiger partial charge in [0.1, 0.15) is 0 Å². The Morgan fingerprint density at radius 1 is 1.29 bits per heavy atom. The molecule has 0 fully saturated rings. The minimum absolute atomic E-state index is 0.0637. The van der Waals surface area contributed by atoms with Gasteiger partial charge in [-0.1, -0.05) is 17.7 Å². The number of benzene rings is 2. The molecule has 0 unspecified atom stereocenters. The molecule has 0 atom stereocenters. The highest BCUT2D eigenvalue weighted by Gasteiger charge is 2.21. The molecule has 0 aromatic heterocycles. The summed E-state index contributed by atoms with van der Waals surface area (Å²) in [5.74, 6) is -2.44. The summed E-state index contributed by atoms with van der Waals surface area (Å²) in [6.45, 7) is 0.0637. The minimum Gasteiger partial charge on any atom is -0.373 e. The summed E-state index contributed by atoms with van der Waals surface area (Å²) in [7, 11) is 0. The summed E-state index contributed by atoms with van der Waals surface area (Å²) in [5.41, 5.74) is -0.350. The minimum atomic E-state index is -1.28.